The molecule has 2 fully saturated rings. The molecule has 3 rings (SSSR count). The van der Waals surface area contributed by atoms with Crippen LogP contribution in [0.5, 0.6) is 0 Å². The van der Waals surface area contributed by atoms with E-state index in [1.165, 1.54) is 44.3 Å². The van der Waals surface area contributed by atoms with Crippen molar-refractivity contribution >= 4 is 5.91 Å². The van der Waals surface area contributed by atoms with Gasteiger partial charge in [-0.1, -0.05) is 30.3 Å². The van der Waals surface area contributed by atoms with Crippen LogP contribution in [0.2, 0.25) is 0 Å². The molecule has 22 heavy (non-hydrogen) atoms. The average molecular weight is 300 g/mol. The third-order valence-electron chi connectivity index (χ3n) is 5.32. The molecule has 2 aliphatic rings. The molecule has 0 unspecified atom stereocenters. The first-order valence-electron chi connectivity index (χ1n) is 8.72. The Morgan fingerprint density at radius 3 is 2.32 bits per heavy atom. The summed E-state index contributed by atoms with van der Waals surface area (Å²) in [6.45, 7) is 7.28. The summed E-state index contributed by atoms with van der Waals surface area (Å²) in [5.74, 6) is 1.99. The molecule has 3 nitrogen and oxygen atoms in total. The number of benzene rings is 1. The van der Waals surface area contributed by atoms with Gasteiger partial charge in [0, 0.05) is 39.6 Å². The van der Waals surface area contributed by atoms with Crippen molar-refractivity contribution in [3.8, 4) is 0 Å². The largest absolute Gasteiger partial charge is 0.343 e. The third-order valence-corrected chi connectivity index (χ3v) is 5.32. The first-order valence-corrected chi connectivity index (χ1v) is 8.72. The van der Waals surface area contributed by atoms with Gasteiger partial charge in [0.05, 0.1) is 0 Å². The Bertz CT molecular complexity index is 473. The standard InChI is InChI=1S/C19H28N2O/c1-16(22)21-11-9-17(10-12-21)7-8-19-14-20(15-19)13-18-5-3-2-4-6-18/h2-6,17,19H,7-15H2,1H3. The molecule has 0 aromatic heterocycles. The highest BCUT2D eigenvalue weighted by atomic mass is 16.2. The minimum Gasteiger partial charge on any atom is -0.343 e. The first kappa shape index (κ1) is 15.5. The summed E-state index contributed by atoms with van der Waals surface area (Å²) in [5.41, 5.74) is 1.43. The van der Waals surface area contributed by atoms with Gasteiger partial charge in [-0.25, -0.2) is 0 Å². The Kier molecular flexibility index (Phi) is 5.14. The van der Waals surface area contributed by atoms with E-state index in [2.05, 4.69) is 35.2 Å². The molecule has 1 aromatic carbocycles. The summed E-state index contributed by atoms with van der Waals surface area (Å²) < 4.78 is 0. The molecular weight excluding hydrogens is 272 g/mol. The van der Waals surface area contributed by atoms with Gasteiger partial charge < -0.3 is 4.90 Å². The zero-order valence-corrected chi connectivity index (χ0v) is 13.7. The van der Waals surface area contributed by atoms with Crippen molar-refractivity contribution in [2.75, 3.05) is 26.2 Å². The van der Waals surface area contributed by atoms with E-state index in [0.717, 1.165) is 31.5 Å². The topological polar surface area (TPSA) is 23.6 Å². The van der Waals surface area contributed by atoms with Crippen molar-refractivity contribution < 1.29 is 4.79 Å². The molecule has 3 heteroatoms. The molecule has 0 N–H and O–H groups in total. The summed E-state index contributed by atoms with van der Waals surface area (Å²) in [6.07, 6.45) is 5.14. The van der Waals surface area contributed by atoms with E-state index in [1.807, 2.05) is 4.90 Å². The highest BCUT2D eigenvalue weighted by Crippen LogP contribution is 2.28. The number of amides is 1. The van der Waals surface area contributed by atoms with Crippen molar-refractivity contribution in [3.63, 3.8) is 0 Å². The molecular formula is C19H28N2O. The molecule has 0 aliphatic carbocycles. The van der Waals surface area contributed by atoms with E-state index in [1.54, 1.807) is 6.92 Å². The number of hydrogen-bond acceptors (Lipinski definition) is 2. The van der Waals surface area contributed by atoms with E-state index in [-0.39, 0.29) is 5.91 Å². The second-order valence-corrected chi connectivity index (χ2v) is 7.07. The smallest absolute Gasteiger partial charge is 0.219 e. The Balaban J connectivity index is 1.30. The Labute approximate surface area is 134 Å². The van der Waals surface area contributed by atoms with Crippen LogP contribution < -0.4 is 0 Å². The van der Waals surface area contributed by atoms with Crippen LogP contribution in [0.3, 0.4) is 0 Å². The van der Waals surface area contributed by atoms with Gasteiger partial charge >= 0.3 is 0 Å². The third kappa shape index (κ3) is 4.10. The predicted molar refractivity (Wildman–Crippen MR) is 89.4 cm³/mol. The van der Waals surface area contributed by atoms with Crippen LogP contribution in [0.4, 0.5) is 0 Å². The van der Waals surface area contributed by atoms with Gasteiger partial charge in [0.1, 0.15) is 0 Å². The second kappa shape index (κ2) is 7.28. The lowest BCUT2D eigenvalue weighted by Gasteiger charge is -2.40. The molecule has 1 aromatic rings. The van der Waals surface area contributed by atoms with Crippen LogP contribution in [-0.4, -0.2) is 41.9 Å². The molecule has 0 radical (unpaired) electrons. The molecule has 2 aliphatic heterocycles. The maximum atomic E-state index is 11.3. The lowest BCUT2D eigenvalue weighted by Crippen LogP contribution is -2.46. The Hall–Kier alpha value is -1.35. The number of piperidine rings is 1. The zero-order chi connectivity index (χ0) is 15.4. The van der Waals surface area contributed by atoms with E-state index in [0.29, 0.717) is 0 Å². The maximum absolute atomic E-state index is 11.3. The molecule has 2 heterocycles. The highest BCUT2D eigenvalue weighted by molar-refractivity contribution is 5.73. The molecule has 2 saturated heterocycles. The normalized spacial score (nSPS) is 20.9. The highest BCUT2D eigenvalue weighted by Gasteiger charge is 2.28. The van der Waals surface area contributed by atoms with Crippen molar-refractivity contribution in [2.24, 2.45) is 11.8 Å². The maximum Gasteiger partial charge on any atom is 0.219 e. The Morgan fingerprint density at radius 1 is 1.05 bits per heavy atom. The van der Waals surface area contributed by atoms with Crippen molar-refractivity contribution in [2.45, 2.75) is 39.2 Å². The molecule has 1 amide bonds. The van der Waals surface area contributed by atoms with Gasteiger partial charge in [-0.3, -0.25) is 9.69 Å². The van der Waals surface area contributed by atoms with Crippen molar-refractivity contribution in [1.82, 2.24) is 9.80 Å². The summed E-state index contributed by atoms with van der Waals surface area (Å²) in [6, 6.07) is 10.8. The van der Waals surface area contributed by atoms with Crippen molar-refractivity contribution in [3.05, 3.63) is 35.9 Å². The lowest BCUT2D eigenvalue weighted by atomic mass is 9.86. The summed E-state index contributed by atoms with van der Waals surface area (Å²) in [5, 5.41) is 0. The van der Waals surface area contributed by atoms with Crippen LogP contribution >= 0.6 is 0 Å². The molecule has 0 atom stereocenters. The van der Waals surface area contributed by atoms with Crippen molar-refractivity contribution in [1.29, 1.82) is 0 Å². The summed E-state index contributed by atoms with van der Waals surface area (Å²) >= 11 is 0. The fourth-order valence-corrected chi connectivity index (χ4v) is 3.84. The Morgan fingerprint density at radius 2 is 1.68 bits per heavy atom. The SMILES string of the molecule is CC(=O)N1CCC(CCC2CN(Cc3ccccc3)C2)CC1. The van der Waals surface area contributed by atoms with Gasteiger partial charge in [-0.2, -0.15) is 0 Å². The number of hydrogen-bond donors (Lipinski definition) is 0. The number of carbonyl (C=O) groups excluding carboxylic acids is 1. The molecule has 0 bridgehead atoms. The van der Waals surface area contributed by atoms with Gasteiger partial charge in [0.15, 0.2) is 0 Å². The second-order valence-electron chi connectivity index (χ2n) is 7.07. The molecule has 120 valence electrons. The number of carbonyl (C=O) groups is 1. The number of likely N-dealkylation sites (tertiary alicyclic amines) is 2. The minimum atomic E-state index is 0.244. The van der Waals surface area contributed by atoms with E-state index >= 15 is 0 Å². The summed E-state index contributed by atoms with van der Waals surface area (Å²) in [7, 11) is 0. The minimum absolute atomic E-state index is 0.244. The summed E-state index contributed by atoms with van der Waals surface area (Å²) in [4.78, 5) is 15.9. The average Bonchev–Trinajstić information content (AvgIpc) is 2.51. The first-order chi connectivity index (χ1) is 10.7. The van der Waals surface area contributed by atoms with Gasteiger partial charge in [0.25, 0.3) is 0 Å². The van der Waals surface area contributed by atoms with Gasteiger partial charge in [-0.15, -0.1) is 0 Å². The fourth-order valence-electron chi connectivity index (χ4n) is 3.84. The van der Waals surface area contributed by atoms with Crippen LogP contribution in [0.1, 0.15) is 38.2 Å². The van der Waals surface area contributed by atoms with E-state index in [4.69, 9.17) is 0 Å². The quantitative estimate of drug-likeness (QED) is 0.834. The number of rotatable bonds is 5. The van der Waals surface area contributed by atoms with Crippen LogP contribution in [0.15, 0.2) is 30.3 Å². The van der Waals surface area contributed by atoms with Crippen LogP contribution in [0, 0.1) is 11.8 Å². The van der Waals surface area contributed by atoms with Crippen LogP contribution in [-0.2, 0) is 11.3 Å². The lowest BCUT2D eigenvalue weighted by molar-refractivity contribution is -0.130. The van der Waals surface area contributed by atoms with Crippen LogP contribution in [0.25, 0.3) is 0 Å². The van der Waals surface area contributed by atoms with Gasteiger partial charge in [-0.05, 0) is 43.1 Å². The van der Waals surface area contributed by atoms with E-state index < -0.39 is 0 Å². The molecule has 0 spiro atoms. The predicted octanol–water partition coefficient (Wildman–Crippen LogP) is 3.16. The molecule has 0 saturated carbocycles. The zero-order valence-electron chi connectivity index (χ0n) is 13.7. The van der Waals surface area contributed by atoms with E-state index in [9.17, 15) is 4.79 Å². The fraction of sp³-hybridized carbons (Fsp3) is 0.632. The number of nitrogens with zero attached hydrogens (tertiary/aromatic N) is 2. The van der Waals surface area contributed by atoms with Gasteiger partial charge in [0.2, 0.25) is 5.91 Å². The monoisotopic (exact) mass is 300 g/mol.